The number of aliphatic hydroxyl groups excluding tert-OH is 1. The third-order valence-electron chi connectivity index (χ3n) is 1.78. The van der Waals surface area contributed by atoms with Gasteiger partial charge in [0.1, 0.15) is 0 Å². The molecule has 66 valence electrons. The fraction of sp³-hybridized carbons (Fsp3) is 0.333. The van der Waals surface area contributed by atoms with Crippen molar-refractivity contribution in [2.45, 2.75) is 6.04 Å². The maximum absolute atomic E-state index is 8.99. The van der Waals surface area contributed by atoms with E-state index >= 15 is 0 Å². The van der Waals surface area contributed by atoms with E-state index in [-0.39, 0.29) is 12.6 Å². The molecular formula is C9H12BrNO. The first-order chi connectivity index (χ1) is 5.77. The molecule has 0 bridgehead atoms. The Labute approximate surface area is 80.7 Å². The van der Waals surface area contributed by atoms with Crippen LogP contribution in [-0.4, -0.2) is 18.8 Å². The molecule has 3 heteroatoms. The quantitative estimate of drug-likeness (QED) is 0.828. The van der Waals surface area contributed by atoms with E-state index in [1.165, 1.54) is 0 Å². The van der Waals surface area contributed by atoms with Gasteiger partial charge in [-0.25, -0.2) is 0 Å². The van der Waals surface area contributed by atoms with Crippen molar-refractivity contribution in [2.75, 3.05) is 13.7 Å². The summed E-state index contributed by atoms with van der Waals surface area (Å²) in [6, 6.07) is 7.94. The van der Waals surface area contributed by atoms with Crippen molar-refractivity contribution >= 4 is 15.9 Å². The molecule has 2 N–H and O–H groups in total. The molecule has 0 aliphatic heterocycles. The van der Waals surface area contributed by atoms with Gasteiger partial charge in [0.15, 0.2) is 0 Å². The molecule has 0 aliphatic carbocycles. The number of aliphatic hydroxyl groups is 1. The Kier molecular flexibility index (Phi) is 3.72. The first-order valence-corrected chi connectivity index (χ1v) is 4.61. The lowest BCUT2D eigenvalue weighted by molar-refractivity contribution is 0.251. The van der Waals surface area contributed by atoms with Crippen molar-refractivity contribution in [1.82, 2.24) is 5.32 Å². The fourth-order valence-electron chi connectivity index (χ4n) is 1.09. The first-order valence-electron chi connectivity index (χ1n) is 3.81. The predicted molar refractivity (Wildman–Crippen MR) is 53.0 cm³/mol. The first kappa shape index (κ1) is 9.71. The van der Waals surface area contributed by atoms with Crippen molar-refractivity contribution in [2.24, 2.45) is 0 Å². The number of hydrogen-bond acceptors (Lipinski definition) is 2. The van der Waals surface area contributed by atoms with E-state index in [0.717, 1.165) is 10.0 Å². The lowest BCUT2D eigenvalue weighted by Gasteiger charge is -2.13. The van der Waals surface area contributed by atoms with Crippen LogP contribution in [0.3, 0.4) is 0 Å². The summed E-state index contributed by atoms with van der Waals surface area (Å²) < 4.78 is 1.04. The molecule has 0 radical (unpaired) electrons. The molecule has 0 spiro atoms. The van der Waals surface area contributed by atoms with Gasteiger partial charge >= 0.3 is 0 Å². The molecule has 0 aliphatic rings. The number of rotatable bonds is 3. The van der Waals surface area contributed by atoms with E-state index in [2.05, 4.69) is 21.2 Å². The Balaban J connectivity index is 2.85. The number of likely N-dealkylation sites (N-methyl/N-ethyl adjacent to an activating group) is 1. The van der Waals surface area contributed by atoms with Crippen LogP contribution >= 0.6 is 15.9 Å². The summed E-state index contributed by atoms with van der Waals surface area (Å²) in [6.45, 7) is 0.118. The largest absolute Gasteiger partial charge is 0.394 e. The second-order valence-corrected chi connectivity index (χ2v) is 3.49. The minimum atomic E-state index is 0.0301. The zero-order valence-electron chi connectivity index (χ0n) is 6.92. The number of nitrogens with one attached hydrogen (secondary N) is 1. The maximum atomic E-state index is 8.99. The SMILES string of the molecule is CNC(CO)c1cccc(Br)c1. The second-order valence-electron chi connectivity index (χ2n) is 2.58. The van der Waals surface area contributed by atoms with Crippen LogP contribution in [0.1, 0.15) is 11.6 Å². The molecule has 0 saturated heterocycles. The highest BCUT2D eigenvalue weighted by atomic mass is 79.9. The summed E-state index contributed by atoms with van der Waals surface area (Å²) in [5.74, 6) is 0. The van der Waals surface area contributed by atoms with Gasteiger partial charge in [-0.2, -0.15) is 0 Å². The van der Waals surface area contributed by atoms with Gasteiger partial charge in [0.25, 0.3) is 0 Å². The summed E-state index contributed by atoms with van der Waals surface area (Å²) in [6.07, 6.45) is 0. The van der Waals surface area contributed by atoms with Crippen LogP contribution in [0.25, 0.3) is 0 Å². The van der Waals surface area contributed by atoms with Crippen molar-refractivity contribution in [1.29, 1.82) is 0 Å². The topological polar surface area (TPSA) is 32.3 Å². The zero-order valence-corrected chi connectivity index (χ0v) is 8.51. The van der Waals surface area contributed by atoms with E-state index in [0.29, 0.717) is 0 Å². The van der Waals surface area contributed by atoms with Crippen LogP contribution in [-0.2, 0) is 0 Å². The molecule has 1 rings (SSSR count). The van der Waals surface area contributed by atoms with E-state index < -0.39 is 0 Å². The monoisotopic (exact) mass is 229 g/mol. The van der Waals surface area contributed by atoms with Crippen LogP contribution in [0.5, 0.6) is 0 Å². The molecule has 12 heavy (non-hydrogen) atoms. The Bertz CT molecular complexity index is 248. The molecule has 0 amide bonds. The van der Waals surface area contributed by atoms with Crippen LogP contribution in [0.2, 0.25) is 0 Å². The van der Waals surface area contributed by atoms with Crippen LogP contribution in [0, 0.1) is 0 Å². The third-order valence-corrected chi connectivity index (χ3v) is 2.28. The molecule has 1 aromatic carbocycles. The van der Waals surface area contributed by atoms with E-state index in [4.69, 9.17) is 5.11 Å². The average Bonchev–Trinajstić information content (AvgIpc) is 2.07. The van der Waals surface area contributed by atoms with Crippen molar-refractivity contribution in [3.8, 4) is 0 Å². The lowest BCUT2D eigenvalue weighted by Crippen LogP contribution is -2.19. The van der Waals surface area contributed by atoms with E-state index in [1.807, 2.05) is 31.3 Å². The van der Waals surface area contributed by atoms with Gasteiger partial charge in [-0.15, -0.1) is 0 Å². The molecule has 1 aromatic rings. The normalized spacial score (nSPS) is 12.9. The van der Waals surface area contributed by atoms with E-state index in [1.54, 1.807) is 0 Å². The molecule has 1 atom stereocenters. The Morgan fingerprint density at radius 2 is 2.33 bits per heavy atom. The lowest BCUT2D eigenvalue weighted by atomic mass is 10.1. The summed E-state index contributed by atoms with van der Waals surface area (Å²) in [5, 5.41) is 12.0. The Morgan fingerprint density at radius 1 is 1.58 bits per heavy atom. The highest BCUT2D eigenvalue weighted by molar-refractivity contribution is 9.10. The molecule has 0 saturated carbocycles. The average molecular weight is 230 g/mol. The third kappa shape index (κ3) is 2.30. The standard InChI is InChI=1S/C9H12BrNO/c1-11-9(6-12)7-3-2-4-8(10)5-7/h2-5,9,11-12H,6H2,1H3. The van der Waals surface area contributed by atoms with Crippen LogP contribution in [0.15, 0.2) is 28.7 Å². The minimum absolute atomic E-state index is 0.0301. The number of benzene rings is 1. The number of halogens is 1. The van der Waals surface area contributed by atoms with Gasteiger partial charge in [0.05, 0.1) is 12.6 Å². The number of hydrogen-bond donors (Lipinski definition) is 2. The van der Waals surface area contributed by atoms with Gasteiger partial charge in [0, 0.05) is 4.47 Å². The summed E-state index contributed by atoms with van der Waals surface area (Å²) in [5.41, 5.74) is 1.09. The highest BCUT2D eigenvalue weighted by Gasteiger charge is 2.06. The van der Waals surface area contributed by atoms with Crippen LogP contribution in [0.4, 0.5) is 0 Å². The summed E-state index contributed by atoms with van der Waals surface area (Å²) in [4.78, 5) is 0. The van der Waals surface area contributed by atoms with Crippen molar-refractivity contribution in [3.05, 3.63) is 34.3 Å². The van der Waals surface area contributed by atoms with Crippen LogP contribution < -0.4 is 5.32 Å². The van der Waals surface area contributed by atoms with E-state index in [9.17, 15) is 0 Å². The maximum Gasteiger partial charge on any atom is 0.0626 e. The van der Waals surface area contributed by atoms with Gasteiger partial charge < -0.3 is 10.4 Å². The molecule has 2 nitrogen and oxygen atoms in total. The predicted octanol–water partition coefficient (Wildman–Crippen LogP) is 1.70. The molecule has 0 heterocycles. The Morgan fingerprint density at radius 3 is 2.83 bits per heavy atom. The van der Waals surface area contributed by atoms with Crippen molar-refractivity contribution < 1.29 is 5.11 Å². The van der Waals surface area contributed by atoms with Gasteiger partial charge in [-0.3, -0.25) is 0 Å². The van der Waals surface area contributed by atoms with Gasteiger partial charge in [-0.05, 0) is 24.7 Å². The summed E-state index contributed by atoms with van der Waals surface area (Å²) in [7, 11) is 1.84. The van der Waals surface area contributed by atoms with Crippen molar-refractivity contribution in [3.63, 3.8) is 0 Å². The molecule has 0 aromatic heterocycles. The highest BCUT2D eigenvalue weighted by Crippen LogP contribution is 2.17. The zero-order chi connectivity index (χ0) is 8.97. The Hall–Kier alpha value is -0.380. The molecular weight excluding hydrogens is 218 g/mol. The van der Waals surface area contributed by atoms with Gasteiger partial charge in [0.2, 0.25) is 0 Å². The van der Waals surface area contributed by atoms with Gasteiger partial charge in [-0.1, -0.05) is 28.1 Å². The smallest absolute Gasteiger partial charge is 0.0626 e. The molecule has 0 fully saturated rings. The summed E-state index contributed by atoms with van der Waals surface area (Å²) >= 11 is 3.38. The minimum Gasteiger partial charge on any atom is -0.394 e. The second kappa shape index (κ2) is 4.60. The molecule has 1 unspecified atom stereocenters. The fourth-order valence-corrected chi connectivity index (χ4v) is 1.50.